The summed E-state index contributed by atoms with van der Waals surface area (Å²) >= 11 is 0. The van der Waals surface area contributed by atoms with Gasteiger partial charge in [0.25, 0.3) is 0 Å². The summed E-state index contributed by atoms with van der Waals surface area (Å²) in [5.41, 5.74) is 2.14. The zero-order valence-electron chi connectivity index (χ0n) is 11.1. The Balaban J connectivity index is 3.25. The number of aromatic nitrogens is 2. The number of nitrogens with one attached hydrogen (secondary N) is 1. The summed E-state index contributed by atoms with van der Waals surface area (Å²) in [6.45, 7) is 6.33. The van der Waals surface area contributed by atoms with E-state index in [4.69, 9.17) is 5.84 Å². The standard InChI is InChI=1S/C11H18F3N5/c1-4-5-19(7(2)3)9-6-8(18-15)16-10(17-9)11(12,13)14/h6-7H,4-5,15H2,1-3H3,(H,16,17,18). The second-order valence-corrected chi connectivity index (χ2v) is 4.36. The highest BCUT2D eigenvalue weighted by molar-refractivity contribution is 5.49. The minimum atomic E-state index is -4.60. The van der Waals surface area contributed by atoms with E-state index in [-0.39, 0.29) is 17.7 Å². The van der Waals surface area contributed by atoms with Crippen LogP contribution < -0.4 is 16.2 Å². The normalized spacial score (nSPS) is 11.8. The van der Waals surface area contributed by atoms with Crippen LogP contribution in [0.1, 0.15) is 33.0 Å². The molecule has 0 saturated carbocycles. The van der Waals surface area contributed by atoms with Gasteiger partial charge in [0.1, 0.15) is 11.6 Å². The van der Waals surface area contributed by atoms with Gasteiger partial charge in [0, 0.05) is 18.7 Å². The molecule has 19 heavy (non-hydrogen) atoms. The molecule has 1 aromatic rings. The number of hydrogen-bond donors (Lipinski definition) is 2. The molecule has 5 nitrogen and oxygen atoms in total. The van der Waals surface area contributed by atoms with Crippen molar-refractivity contribution in [3.05, 3.63) is 11.9 Å². The van der Waals surface area contributed by atoms with Gasteiger partial charge in [0.2, 0.25) is 5.82 Å². The third-order valence-corrected chi connectivity index (χ3v) is 2.50. The number of halogens is 3. The highest BCUT2D eigenvalue weighted by Gasteiger charge is 2.36. The quantitative estimate of drug-likeness (QED) is 0.639. The van der Waals surface area contributed by atoms with Crippen molar-refractivity contribution in [2.75, 3.05) is 16.9 Å². The van der Waals surface area contributed by atoms with E-state index in [1.54, 1.807) is 4.90 Å². The Bertz CT molecular complexity index is 419. The van der Waals surface area contributed by atoms with E-state index in [2.05, 4.69) is 15.4 Å². The fourth-order valence-corrected chi connectivity index (χ4v) is 1.66. The minimum absolute atomic E-state index is 0.0292. The molecule has 0 bridgehead atoms. The molecule has 1 aromatic heterocycles. The number of nitrogens with zero attached hydrogens (tertiary/aromatic N) is 3. The summed E-state index contributed by atoms with van der Waals surface area (Å²) in [4.78, 5) is 8.69. The van der Waals surface area contributed by atoms with Crippen molar-refractivity contribution < 1.29 is 13.2 Å². The van der Waals surface area contributed by atoms with E-state index in [1.165, 1.54) is 6.07 Å². The zero-order chi connectivity index (χ0) is 14.6. The van der Waals surface area contributed by atoms with Gasteiger partial charge < -0.3 is 10.3 Å². The van der Waals surface area contributed by atoms with Gasteiger partial charge in [-0.1, -0.05) is 6.92 Å². The van der Waals surface area contributed by atoms with Gasteiger partial charge in [0.05, 0.1) is 0 Å². The van der Waals surface area contributed by atoms with E-state index in [0.717, 1.165) is 6.42 Å². The van der Waals surface area contributed by atoms with Gasteiger partial charge >= 0.3 is 6.18 Å². The second-order valence-electron chi connectivity index (χ2n) is 4.36. The molecule has 0 fully saturated rings. The highest BCUT2D eigenvalue weighted by atomic mass is 19.4. The lowest BCUT2D eigenvalue weighted by atomic mass is 10.3. The van der Waals surface area contributed by atoms with Crippen LogP contribution in [0.15, 0.2) is 6.07 Å². The molecule has 0 saturated heterocycles. The van der Waals surface area contributed by atoms with Gasteiger partial charge in [-0.25, -0.2) is 15.8 Å². The molecule has 8 heteroatoms. The zero-order valence-corrected chi connectivity index (χ0v) is 11.1. The molecule has 0 amide bonds. The predicted octanol–water partition coefficient (Wildman–Crippen LogP) is 2.41. The Morgan fingerprint density at radius 1 is 1.37 bits per heavy atom. The van der Waals surface area contributed by atoms with E-state index in [0.29, 0.717) is 6.54 Å². The summed E-state index contributed by atoms with van der Waals surface area (Å²) in [5, 5.41) is 0. The fraction of sp³-hybridized carbons (Fsp3) is 0.636. The third kappa shape index (κ3) is 3.95. The minimum Gasteiger partial charge on any atom is -0.354 e. The van der Waals surface area contributed by atoms with Crippen molar-refractivity contribution in [1.29, 1.82) is 0 Å². The topological polar surface area (TPSA) is 67.1 Å². The molecule has 0 aliphatic rings. The van der Waals surface area contributed by atoms with E-state index >= 15 is 0 Å². The summed E-state index contributed by atoms with van der Waals surface area (Å²) < 4.78 is 38.2. The molecule has 0 radical (unpaired) electrons. The van der Waals surface area contributed by atoms with Crippen LogP contribution in [0, 0.1) is 0 Å². The first-order chi connectivity index (χ1) is 8.79. The fourth-order valence-electron chi connectivity index (χ4n) is 1.66. The number of hydrazine groups is 1. The predicted molar refractivity (Wildman–Crippen MR) is 67.6 cm³/mol. The summed E-state index contributed by atoms with van der Waals surface area (Å²) in [5.74, 6) is 4.12. The number of anilines is 2. The molecule has 1 rings (SSSR count). The first-order valence-corrected chi connectivity index (χ1v) is 5.99. The monoisotopic (exact) mass is 277 g/mol. The van der Waals surface area contributed by atoms with Gasteiger partial charge in [-0.05, 0) is 20.3 Å². The first-order valence-electron chi connectivity index (χ1n) is 5.99. The van der Waals surface area contributed by atoms with Crippen LogP contribution in [-0.4, -0.2) is 22.6 Å². The van der Waals surface area contributed by atoms with Crippen LogP contribution in [-0.2, 0) is 6.18 Å². The molecule has 0 spiro atoms. The van der Waals surface area contributed by atoms with E-state index in [9.17, 15) is 13.2 Å². The van der Waals surface area contributed by atoms with Crippen LogP contribution >= 0.6 is 0 Å². The van der Waals surface area contributed by atoms with Crippen molar-refractivity contribution in [2.24, 2.45) is 5.84 Å². The molecule has 1 heterocycles. The van der Waals surface area contributed by atoms with Crippen molar-refractivity contribution in [1.82, 2.24) is 9.97 Å². The lowest BCUT2D eigenvalue weighted by molar-refractivity contribution is -0.144. The molecule has 108 valence electrons. The first kappa shape index (κ1) is 15.5. The smallest absolute Gasteiger partial charge is 0.354 e. The molecule has 0 aliphatic heterocycles. The third-order valence-electron chi connectivity index (χ3n) is 2.50. The van der Waals surface area contributed by atoms with Crippen LogP contribution in [0.5, 0.6) is 0 Å². The Morgan fingerprint density at radius 2 is 2.00 bits per heavy atom. The Kier molecular flexibility index (Phi) is 4.93. The molecule has 0 atom stereocenters. The largest absolute Gasteiger partial charge is 0.451 e. The lowest BCUT2D eigenvalue weighted by Crippen LogP contribution is -2.33. The van der Waals surface area contributed by atoms with Crippen molar-refractivity contribution in [3.8, 4) is 0 Å². The van der Waals surface area contributed by atoms with E-state index < -0.39 is 12.0 Å². The summed E-state index contributed by atoms with van der Waals surface area (Å²) in [6, 6.07) is 1.44. The Labute approximate surface area is 110 Å². The SMILES string of the molecule is CCCN(c1cc(NN)nc(C(F)(F)F)n1)C(C)C. The maximum Gasteiger partial charge on any atom is 0.451 e. The molecule has 0 aliphatic carbocycles. The molecule has 3 N–H and O–H groups in total. The van der Waals surface area contributed by atoms with Gasteiger partial charge in [0.15, 0.2) is 0 Å². The number of alkyl halides is 3. The van der Waals surface area contributed by atoms with Crippen LogP contribution in [0.4, 0.5) is 24.8 Å². The second kappa shape index (κ2) is 6.05. The number of nitrogen functional groups attached to an aromatic ring is 1. The van der Waals surface area contributed by atoms with Crippen molar-refractivity contribution >= 4 is 11.6 Å². The molecular formula is C11H18F3N5. The average molecular weight is 277 g/mol. The molecular weight excluding hydrogens is 259 g/mol. The Hall–Kier alpha value is -1.57. The molecule has 0 unspecified atom stereocenters. The number of hydrogen-bond acceptors (Lipinski definition) is 5. The highest BCUT2D eigenvalue weighted by Crippen LogP contribution is 2.29. The van der Waals surface area contributed by atoms with Crippen molar-refractivity contribution in [3.63, 3.8) is 0 Å². The number of nitrogens with two attached hydrogens (primary N) is 1. The van der Waals surface area contributed by atoms with Crippen LogP contribution in [0.3, 0.4) is 0 Å². The van der Waals surface area contributed by atoms with Crippen LogP contribution in [0.2, 0.25) is 0 Å². The maximum absolute atomic E-state index is 12.7. The van der Waals surface area contributed by atoms with E-state index in [1.807, 2.05) is 20.8 Å². The van der Waals surface area contributed by atoms with Gasteiger partial charge in [-0.15, -0.1) is 0 Å². The number of rotatable bonds is 5. The summed E-state index contributed by atoms with van der Waals surface area (Å²) in [6.07, 6.45) is -3.80. The Morgan fingerprint density at radius 3 is 2.42 bits per heavy atom. The maximum atomic E-state index is 12.7. The molecule has 0 aromatic carbocycles. The van der Waals surface area contributed by atoms with Crippen LogP contribution in [0.25, 0.3) is 0 Å². The lowest BCUT2D eigenvalue weighted by Gasteiger charge is -2.28. The van der Waals surface area contributed by atoms with Gasteiger partial charge in [-0.2, -0.15) is 13.2 Å². The summed E-state index contributed by atoms with van der Waals surface area (Å²) in [7, 11) is 0. The van der Waals surface area contributed by atoms with Crippen molar-refractivity contribution in [2.45, 2.75) is 39.4 Å². The average Bonchev–Trinajstić information content (AvgIpc) is 2.33. The van der Waals surface area contributed by atoms with Gasteiger partial charge in [-0.3, -0.25) is 0 Å².